The number of hydrogen-bond donors (Lipinski definition) is 1. The summed E-state index contributed by atoms with van der Waals surface area (Å²) in [5.41, 5.74) is 2.18. The zero-order valence-electron chi connectivity index (χ0n) is 19.2. The maximum Gasteiger partial charge on any atom is 0.243 e. The number of carbonyl (C=O) groups excluding carboxylic acids is 2. The largest absolute Gasteiger partial charge is 0.497 e. The van der Waals surface area contributed by atoms with Crippen molar-refractivity contribution >= 4 is 23.6 Å². The van der Waals surface area contributed by atoms with Crippen molar-refractivity contribution in [1.82, 2.24) is 10.2 Å². The van der Waals surface area contributed by atoms with Crippen LogP contribution in [-0.4, -0.2) is 41.7 Å². The molecular formula is C25H34N2O3S. The molecule has 1 unspecified atom stereocenters. The second-order valence-corrected chi connectivity index (χ2v) is 9.04. The van der Waals surface area contributed by atoms with Crippen molar-refractivity contribution in [3.05, 3.63) is 59.7 Å². The first kappa shape index (κ1) is 24.8. The van der Waals surface area contributed by atoms with Crippen molar-refractivity contribution in [2.45, 2.75) is 64.1 Å². The SMILES string of the molecule is CCC(C(=O)NC(C)C)N(Cc1ccc(OC)cc1)C(=O)CCSc1ccc(C)cc1. The molecule has 0 saturated heterocycles. The molecule has 0 aromatic heterocycles. The van der Waals surface area contributed by atoms with Crippen LogP contribution in [0.15, 0.2) is 53.4 Å². The van der Waals surface area contributed by atoms with Gasteiger partial charge in [-0.15, -0.1) is 11.8 Å². The fourth-order valence-electron chi connectivity index (χ4n) is 3.26. The quantitative estimate of drug-likeness (QED) is 0.507. The minimum atomic E-state index is -0.499. The van der Waals surface area contributed by atoms with Gasteiger partial charge in [0.15, 0.2) is 0 Å². The molecule has 0 bridgehead atoms. The molecular weight excluding hydrogens is 408 g/mol. The highest BCUT2D eigenvalue weighted by atomic mass is 32.2. The van der Waals surface area contributed by atoms with E-state index < -0.39 is 6.04 Å². The summed E-state index contributed by atoms with van der Waals surface area (Å²) >= 11 is 1.66. The summed E-state index contributed by atoms with van der Waals surface area (Å²) < 4.78 is 5.23. The molecule has 0 saturated carbocycles. The van der Waals surface area contributed by atoms with E-state index in [1.54, 1.807) is 23.8 Å². The molecule has 0 aliphatic heterocycles. The molecule has 168 valence electrons. The molecule has 5 nitrogen and oxygen atoms in total. The van der Waals surface area contributed by atoms with Crippen LogP contribution in [-0.2, 0) is 16.1 Å². The first-order chi connectivity index (χ1) is 14.8. The number of benzene rings is 2. The number of hydrogen-bond acceptors (Lipinski definition) is 4. The van der Waals surface area contributed by atoms with Gasteiger partial charge in [-0.1, -0.05) is 36.8 Å². The first-order valence-corrected chi connectivity index (χ1v) is 11.7. The summed E-state index contributed by atoms with van der Waals surface area (Å²) in [7, 11) is 1.62. The van der Waals surface area contributed by atoms with E-state index in [1.807, 2.05) is 45.0 Å². The Hall–Kier alpha value is -2.47. The van der Waals surface area contributed by atoms with Gasteiger partial charge in [0.05, 0.1) is 7.11 Å². The maximum absolute atomic E-state index is 13.2. The molecule has 0 aliphatic carbocycles. The van der Waals surface area contributed by atoms with Crippen LogP contribution in [0.4, 0.5) is 0 Å². The second kappa shape index (κ2) is 12.4. The highest BCUT2D eigenvalue weighted by Gasteiger charge is 2.28. The lowest BCUT2D eigenvalue weighted by molar-refractivity contribution is -0.141. The number of nitrogens with one attached hydrogen (secondary N) is 1. The van der Waals surface area contributed by atoms with E-state index in [4.69, 9.17) is 4.74 Å². The van der Waals surface area contributed by atoms with Crippen molar-refractivity contribution < 1.29 is 14.3 Å². The van der Waals surface area contributed by atoms with Gasteiger partial charge in [0.2, 0.25) is 11.8 Å². The summed E-state index contributed by atoms with van der Waals surface area (Å²) in [6.45, 7) is 8.25. The molecule has 0 spiro atoms. The lowest BCUT2D eigenvalue weighted by Gasteiger charge is -2.31. The van der Waals surface area contributed by atoms with E-state index in [1.165, 1.54) is 5.56 Å². The van der Waals surface area contributed by atoms with Gasteiger partial charge in [-0.25, -0.2) is 0 Å². The van der Waals surface area contributed by atoms with Crippen LogP contribution in [0.3, 0.4) is 0 Å². The molecule has 6 heteroatoms. The van der Waals surface area contributed by atoms with Gasteiger partial charge in [-0.05, 0) is 57.0 Å². The van der Waals surface area contributed by atoms with Gasteiger partial charge < -0.3 is 15.0 Å². The van der Waals surface area contributed by atoms with Gasteiger partial charge in [-0.2, -0.15) is 0 Å². The summed E-state index contributed by atoms with van der Waals surface area (Å²) in [6.07, 6.45) is 0.936. The Morgan fingerprint density at radius 1 is 1.06 bits per heavy atom. The van der Waals surface area contributed by atoms with E-state index in [0.29, 0.717) is 25.1 Å². The molecule has 0 heterocycles. The lowest BCUT2D eigenvalue weighted by atomic mass is 10.1. The maximum atomic E-state index is 13.2. The summed E-state index contributed by atoms with van der Waals surface area (Å²) in [5, 5.41) is 2.96. The van der Waals surface area contributed by atoms with Crippen LogP contribution in [0, 0.1) is 6.92 Å². The number of aryl methyl sites for hydroxylation is 1. The summed E-state index contributed by atoms with van der Waals surface area (Å²) in [6, 6.07) is 15.4. The Balaban J connectivity index is 2.12. The molecule has 2 aromatic carbocycles. The van der Waals surface area contributed by atoms with Crippen molar-refractivity contribution in [1.29, 1.82) is 0 Å². The average Bonchev–Trinajstić information content (AvgIpc) is 2.74. The Morgan fingerprint density at radius 2 is 1.71 bits per heavy atom. The van der Waals surface area contributed by atoms with E-state index in [2.05, 4.69) is 36.5 Å². The van der Waals surface area contributed by atoms with Crippen molar-refractivity contribution in [3.8, 4) is 5.75 Å². The van der Waals surface area contributed by atoms with E-state index in [0.717, 1.165) is 16.2 Å². The summed E-state index contributed by atoms with van der Waals surface area (Å²) in [5.74, 6) is 1.32. The Labute approximate surface area is 190 Å². The molecule has 0 fully saturated rings. The fraction of sp³-hybridized carbons (Fsp3) is 0.440. The third-order valence-electron chi connectivity index (χ3n) is 4.93. The van der Waals surface area contributed by atoms with Crippen LogP contribution in [0.2, 0.25) is 0 Å². The monoisotopic (exact) mass is 442 g/mol. The fourth-order valence-corrected chi connectivity index (χ4v) is 4.10. The highest BCUT2D eigenvalue weighted by molar-refractivity contribution is 7.99. The molecule has 0 aliphatic rings. The second-order valence-electron chi connectivity index (χ2n) is 7.87. The Bertz CT molecular complexity index is 835. The van der Waals surface area contributed by atoms with Crippen LogP contribution >= 0.6 is 11.8 Å². The number of rotatable bonds is 11. The molecule has 1 atom stereocenters. The smallest absolute Gasteiger partial charge is 0.243 e. The Morgan fingerprint density at radius 3 is 2.26 bits per heavy atom. The Kier molecular flexibility index (Phi) is 9.92. The van der Waals surface area contributed by atoms with Crippen molar-refractivity contribution in [2.24, 2.45) is 0 Å². The van der Waals surface area contributed by atoms with Gasteiger partial charge in [0, 0.05) is 29.7 Å². The minimum Gasteiger partial charge on any atom is -0.497 e. The number of methoxy groups -OCH3 is 1. The van der Waals surface area contributed by atoms with E-state index in [-0.39, 0.29) is 17.9 Å². The summed E-state index contributed by atoms with van der Waals surface area (Å²) in [4.78, 5) is 28.9. The number of carbonyl (C=O) groups is 2. The van der Waals surface area contributed by atoms with Crippen LogP contribution in [0.5, 0.6) is 5.75 Å². The number of amides is 2. The molecule has 1 N–H and O–H groups in total. The molecule has 0 radical (unpaired) electrons. The van der Waals surface area contributed by atoms with Gasteiger partial charge in [0.1, 0.15) is 11.8 Å². The normalized spacial score (nSPS) is 11.8. The first-order valence-electron chi connectivity index (χ1n) is 10.8. The predicted octanol–water partition coefficient (Wildman–Crippen LogP) is 4.82. The van der Waals surface area contributed by atoms with E-state index >= 15 is 0 Å². The number of ether oxygens (including phenoxy) is 1. The standard InChI is InChI=1S/C25H34N2O3S/c1-6-23(25(29)26-18(2)3)27(17-20-9-11-21(30-5)12-10-20)24(28)15-16-31-22-13-7-19(4)8-14-22/h7-14,18,23H,6,15-17H2,1-5H3,(H,26,29). The molecule has 2 amide bonds. The molecule has 2 aromatic rings. The van der Waals surface area contributed by atoms with Crippen LogP contribution in [0.1, 0.15) is 44.7 Å². The van der Waals surface area contributed by atoms with Gasteiger partial charge in [-0.3, -0.25) is 9.59 Å². The molecule has 2 rings (SSSR count). The lowest BCUT2D eigenvalue weighted by Crippen LogP contribution is -2.50. The van der Waals surface area contributed by atoms with Gasteiger partial charge in [0.25, 0.3) is 0 Å². The van der Waals surface area contributed by atoms with Crippen LogP contribution < -0.4 is 10.1 Å². The van der Waals surface area contributed by atoms with Crippen molar-refractivity contribution in [3.63, 3.8) is 0 Å². The molecule has 31 heavy (non-hydrogen) atoms. The van der Waals surface area contributed by atoms with Crippen molar-refractivity contribution in [2.75, 3.05) is 12.9 Å². The van der Waals surface area contributed by atoms with Gasteiger partial charge >= 0.3 is 0 Å². The minimum absolute atomic E-state index is 0.0128. The van der Waals surface area contributed by atoms with E-state index in [9.17, 15) is 9.59 Å². The number of nitrogens with zero attached hydrogens (tertiary/aromatic N) is 1. The average molecular weight is 443 g/mol. The third kappa shape index (κ3) is 7.94. The van der Waals surface area contributed by atoms with Crippen LogP contribution in [0.25, 0.3) is 0 Å². The number of thioether (sulfide) groups is 1. The zero-order valence-corrected chi connectivity index (χ0v) is 20.0. The topological polar surface area (TPSA) is 58.6 Å². The zero-order chi connectivity index (χ0) is 22.8. The highest BCUT2D eigenvalue weighted by Crippen LogP contribution is 2.21. The predicted molar refractivity (Wildman–Crippen MR) is 127 cm³/mol. The third-order valence-corrected chi connectivity index (χ3v) is 5.95.